The van der Waals surface area contributed by atoms with Crippen molar-refractivity contribution in [2.24, 2.45) is 0 Å². The topological polar surface area (TPSA) is 48.4 Å². The van der Waals surface area contributed by atoms with Crippen molar-refractivity contribution in [3.05, 3.63) is 53.3 Å². The van der Waals surface area contributed by atoms with Crippen molar-refractivity contribution in [1.82, 2.24) is 4.98 Å². The summed E-state index contributed by atoms with van der Waals surface area (Å²) >= 11 is 0. The zero-order valence-electron chi connectivity index (χ0n) is 14.6. The summed E-state index contributed by atoms with van der Waals surface area (Å²) < 4.78 is 10.9. The summed E-state index contributed by atoms with van der Waals surface area (Å²) in [6.07, 6.45) is 3.07. The summed E-state index contributed by atoms with van der Waals surface area (Å²) in [5, 5.41) is 0. The van der Waals surface area contributed by atoms with E-state index in [2.05, 4.69) is 18.8 Å². The molecule has 0 aliphatic heterocycles. The molecule has 1 heterocycles. The van der Waals surface area contributed by atoms with E-state index in [1.807, 2.05) is 24.3 Å². The van der Waals surface area contributed by atoms with Gasteiger partial charge in [0.1, 0.15) is 11.5 Å². The number of hydrogen-bond acceptors (Lipinski definition) is 4. The van der Waals surface area contributed by atoms with Gasteiger partial charge in [0.25, 0.3) is 0 Å². The Morgan fingerprint density at radius 2 is 1.96 bits per heavy atom. The Labute approximate surface area is 142 Å². The molecule has 0 saturated heterocycles. The first-order valence-corrected chi connectivity index (χ1v) is 8.17. The molecule has 1 aromatic heterocycles. The molecule has 2 aromatic rings. The molecule has 126 valence electrons. The molecular weight excluding hydrogens is 302 g/mol. The molecule has 3 rings (SSSR count). The highest BCUT2D eigenvalue weighted by Crippen LogP contribution is 2.45. The molecule has 24 heavy (non-hydrogen) atoms. The number of methoxy groups -OCH3 is 2. The van der Waals surface area contributed by atoms with Gasteiger partial charge in [-0.15, -0.1) is 0 Å². The molecule has 0 spiro atoms. The van der Waals surface area contributed by atoms with Crippen LogP contribution < -0.4 is 9.47 Å². The molecule has 0 amide bonds. The van der Waals surface area contributed by atoms with Crippen LogP contribution in [-0.4, -0.2) is 25.0 Å². The van der Waals surface area contributed by atoms with Crippen LogP contribution >= 0.6 is 0 Å². The van der Waals surface area contributed by atoms with Gasteiger partial charge in [0.2, 0.25) is 0 Å². The van der Waals surface area contributed by atoms with Crippen molar-refractivity contribution in [3.63, 3.8) is 0 Å². The fraction of sp³-hybridized carbons (Fsp3) is 0.400. The summed E-state index contributed by atoms with van der Waals surface area (Å²) in [6.45, 7) is 4.33. The average molecular weight is 325 g/mol. The number of Topliss-reactive ketones (excluding diaryl/α,β-unsaturated/α-hetero) is 1. The zero-order valence-corrected chi connectivity index (χ0v) is 14.6. The number of pyridine rings is 1. The fourth-order valence-corrected chi connectivity index (χ4v) is 3.64. The van der Waals surface area contributed by atoms with Crippen molar-refractivity contribution in [1.29, 1.82) is 0 Å². The van der Waals surface area contributed by atoms with Crippen molar-refractivity contribution in [2.45, 2.75) is 38.0 Å². The maximum Gasteiger partial charge on any atom is 0.167 e. The number of aromatic nitrogens is 1. The molecule has 4 nitrogen and oxygen atoms in total. The molecule has 0 saturated carbocycles. The van der Waals surface area contributed by atoms with Gasteiger partial charge in [-0.05, 0) is 35.6 Å². The second-order valence-electron chi connectivity index (χ2n) is 6.92. The number of fused-ring (bicyclic) bond motifs is 1. The Morgan fingerprint density at radius 1 is 1.17 bits per heavy atom. The fourth-order valence-electron chi connectivity index (χ4n) is 3.64. The van der Waals surface area contributed by atoms with E-state index in [0.29, 0.717) is 23.5 Å². The van der Waals surface area contributed by atoms with Gasteiger partial charge in [0.05, 0.1) is 19.8 Å². The molecule has 0 fully saturated rings. The van der Waals surface area contributed by atoms with Gasteiger partial charge in [-0.1, -0.05) is 19.9 Å². The first-order valence-electron chi connectivity index (χ1n) is 8.17. The van der Waals surface area contributed by atoms with E-state index >= 15 is 0 Å². The standard InChI is InChI=1S/C20H23NO3/c1-20(2)12-13(16-7-5-6-8-21-16)9-17(22)19-15(20)10-14(23-3)11-18(19)24-4/h5-8,10-11,13H,9,12H2,1-4H3. The number of carbonyl (C=O) groups is 1. The number of ether oxygens (including phenoxy) is 2. The van der Waals surface area contributed by atoms with Crippen LogP contribution in [0, 0.1) is 0 Å². The number of nitrogens with zero attached hydrogens (tertiary/aromatic N) is 1. The third-order valence-corrected chi connectivity index (χ3v) is 4.83. The maximum absolute atomic E-state index is 13.0. The quantitative estimate of drug-likeness (QED) is 0.796. The molecule has 1 aliphatic rings. The van der Waals surface area contributed by atoms with Crippen LogP contribution in [-0.2, 0) is 5.41 Å². The summed E-state index contributed by atoms with van der Waals surface area (Å²) in [5.41, 5.74) is 2.45. The summed E-state index contributed by atoms with van der Waals surface area (Å²) in [4.78, 5) is 17.5. The lowest BCUT2D eigenvalue weighted by Crippen LogP contribution is -2.21. The minimum absolute atomic E-state index is 0.0943. The van der Waals surface area contributed by atoms with Gasteiger partial charge in [0.15, 0.2) is 5.78 Å². The van der Waals surface area contributed by atoms with E-state index in [0.717, 1.165) is 17.7 Å². The molecule has 0 N–H and O–H groups in total. The van der Waals surface area contributed by atoms with Crippen molar-refractivity contribution in [3.8, 4) is 11.5 Å². The predicted octanol–water partition coefficient (Wildman–Crippen LogP) is 4.14. The van der Waals surface area contributed by atoms with E-state index in [1.54, 1.807) is 26.5 Å². The highest BCUT2D eigenvalue weighted by atomic mass is 16.5. The first kappa shape index (κ1) is 16.5. The van der Waals surface area contributed by atoms with Crippen LogP contribution in [0.15, 0.2) is 36.5 Å². The number of ketones is 1. The van der Waals surface area contributed by atoms with Crippen LogP contribution in [0.5, 0.6) is 11.5 Å². The van der Waals surface area contributed by atoms with Crippen molar-refractivity contribution < 1.29 is 14.3 Å². The predicted molar refractivity (Wildman–Crippen MR) is 93.1 cm³/mol. The second kappa shape index (κ2) is 6.27. The normalized spacial score (nSPS) is 19.3. The SMILES string of the molecule is COc1cc(OC)c2c(c1)C(C)(C)CC(c1ccccn1)CC2=O. The van der Waals surface area contributed by atoms with Gasteiger partial charge in [-0.2, -0.15) is 0 Å². The third kappa shape index (κ3) is 2.88. The molecule has 4 heteroatoms. The van der Waals surface area contributed by atoms with E-state index in [9.17, 15) is 4.79 Å². The molecule has 0 bridgehead atoms. The molecule has 1 aliphatic carbocycles. The summed E-state index contributed by atoms with van der Waals surface area (Å²) in [5.74, 6) is 1.49. The Balaban J connectivity index is 2.13. The molecular formula is C20H23NO3. The second-order valence-corrected chi connectivity index (χ2v) is 6.92. The number of hydrogen-bond donors (Lipinski definition) is 0. The van der Waals surface area contributed by atoms with Crippen molar-refractivity contribution in [2.75, 3.05) is 14.2 Å². The average Bonchev–Trinajstić information content (AvgIpc) is 2.69. The maximum atomic E-state index is 13.0. The molecule has 1 atom stereocenters. The van der Waals surface area contributed by atoms with Gasteiger partial charge in [0, 0.05) is 30.3 Å². The minimum Gasteiger partial charge on any atom is -0.497 e. The van der Waals surface area contributed by atoms with E-state index < -0.39 is 0 Å². The summed E-state index contributed by atoms with van der Waals surface area (Å²) in [7, 11) is 3.22. The Bertz CT molecular complexity index is 753. The van der Waals surface area contributed by atoms with Crippen LogP contribution in [0.2, 0.25) is 0 Å². The van der Waals surface area contributed by atoms with Gasteiger partial charge in [-0.3, -0.25) is 9.78 Å². The lowest BCUT2D eigenvalue weighted by Gasteiger charge is -2.28. The molecule has 1 aromatic carbocycles. The zero-order chi connectivity index (χ0) is 17.3. The van der Waals surface area contributed by atoms with Crippen LogP contribution in [0.25, 0.3) is 0 Å². The third-order valence-electron chi connectivity index (χ3n) is 4.83. The molecule has 0 radical (unpaired) electrons. The van der Waals surface area contributed by atoms with Gasteiger partial charge < -0.3 is 9.47 Å². The Morgan fingerprint density at radius 3 is 2.58 bits per heavy atom. The van der Waals surface area contributed by atoms with Crippen LogP contribution in [0.3, 0.4) is 0 Å². The number of carbonyl (C=O) groups excluding carboxylic acids is 1. The lowest BCUT2D eigenvalue weighted by molar-refractivity contribution is 0.0972. The van der Waals surface area contributed by atoms with E-state index in [4.69, 9.17) is 9.47 Å². The van der Waals surface area contributed by atoms with Crippen molar-refractivity contribution >= 4 is 5.78 Å². The number of benzene rings is 1. The van der Waals surface area contributed by atoms with Crippen LogP contribution in [0.1, 0.15) is 54.2 Å². The van der Waals surface area contributed by atoms with Crippen LogP contribution in [0.4, 0.5) is 0 Å². The van der Waals surface area contributed by atoms with Gasteiger partial charge >= 0.3 is 0 Å². The highest BCUT2D eigenvalue weighted by molar-refractivity contribution is 6.01. The molecule has 1 unspecified atom stereocenters. The first-order chi connectivity index (χ1) is 11.5. The lowest BCUT2D eigenvalue weighted by atomic mass is 9.76. The van der Waals surface area contributed by atoms with E-state index in [-0.39, 0.29) is 17.1 Å². The van der Waals surface area contributed by atoms with Gasteiger partial charge in [-0.25, -0.2) is 0 Å². The number of rotatable bonds is 3. The Kier molecular flexibility index (Phi) is 4.31. The summed E-state index contributed by atoms with van der Waals surface area (Å²) in [6, 6.07) is 9.63. The monoisotopic (exact) mass is 325 g/mol. The van der Waals surface area contributed by atoms with E-state index in [1.165, 1.54) is 0 Å². The largest absolute Gasteiger partial charge is 0.497 e. The minimum atomic E-state index is -0.189. The highest BCUT2D eigenvalue weighted by Gasteiger charge is 2.37. The smallest absolute Gasteiger partial charge is 0.167 e. The Hall–Kier alpha value is -2.36.